The molecule has 1 N–H and O–H groups in total. The van der Waals surface area contributed by atoms with Gasteiger partial charge in [0, 0.05) is 57.0 Å². The summed E-state index contributed by atoms with van der Waals surface area (Å²) in [6.45, 7) is 6.41. The molecule has 0 aromatic carbocycles. The fraction of sp³-hybridized carbons (Fsp3) is 0.684. The van der Waals surface area contributed by atoms with Crippen molar-refractivity contribution in [3.63, 3.8) is 0 Å². The van der Waals surface area contributed by atoms with E-state index < -0.39 is 0 Å². The number of aromatic amines is 1. The number of H-pyrrole nitrogens is 1. The fourth-order valence-electron chi connectivity index (χ4n) is 4.54. The number of likely N-dealkylation sites (tertiary alicyclic amines) is 3. The van der Waals surface area contributed by atoms with Crippen LogP contribution in [0.15, 0.2) is 18.3 Å². The zero-order valence-corrected chi connectivity index (χ0v) is 14.8. The Kier molecular flexibility index (Phi) is 4.79. The van der Waals surface area contributed by atoms with Crippen LogP contribution in [-0.2, 0) is 16.0 Å². The van der Waals surface area contributed by atoms with E-state index in [0.29, 0.717) is 18.9 Å². The van der Waals surface area contributed by atoms with E-state index in [1.165, 1.54) is 25.9 Å². The first-order valence-corrected chi connectivity index (χ1v) is 9.62. The molecule has 3 aliphatic rings. The van der Waals surface area contributed by atoms with Crippen LogP contribution in [0.3, 0.4) is 0 Å². The second-order valence-corrected chi connectivity index (χ2v) is 7.69. The van der Waals surface area contributed by atoms with Gasteiger partial charge in [-0.25, -0.2) is 0 Å². The highest BCUT2D eigenvalue weighted by molar-refractivity contribution is 5.84. The van der Waals surface area contributed by atoms with Gasteiger partial charge >= 0.3 is 0 Å². The van der Waals surface area contributed by atoms with Crippen molar-refractivity contribution in [2.24, 2.45) is 11.8 Å². The summed E-state index contributed by atoms with van der Waals surface area (Å²) in [5, 5.41) is 0. The Morgan fingerprint density at radius 1 is 1.16 bits per heavy atom. The molecular formula is C19H28N4O2. The second-order valence-electron chi connectivity index (χ2n) is 7.69. The van der Waals surface area contributed by atoms with Crippen LogP contribution in [0, 0.1) is 11.8 Å². The summed E-state index contributed by atoms with van der Waals surface area (Å²) in [5.41, 5.74) is 1.09. The van der Waals surface area contributed by atoms with Crippen LogP contribution in [0.1, 0.15) is 25.0 Å². The minimum Gasteiger partial charge on any atom is -0.365 e. The van der Waals surface area contributed by atoms with Gasteiger partial charge in [0.1, 0.15) is 0 Å². The zero-order valence-electron chi connectivity index (χ0n) is 14.8. The highest BCUT2D eigenvalue weighted by atomic mass is 16.2. The molecule has 3 aliphatic heterocycles. The number of rotatable bonds is 6. The van der Waals surface area contributed by atoms with Crippen LogP contribution in [-0.4, -0.2) is 77.3 Å². The average molecular weight is 344 g/mol. The lowest BCUT2D eigenvalue weighted by Crippen LogP contribution is -2.39. The van der Waals surface area contributed by atoms with E-state index in [2.05, 4.69) is 9.88 Å². The predicted octanol–water partition coefficient (Wildman–Crippen LogP) is 0.960. The first kappa shape index (κ1) is 16.6. The number of fused-ring (bicyclic) bond motifs is 1. The Bertz CT molecular complexity index is 609. The number of nitrogens with zero attached hydrogens (tertiary/aromatic N) is 3. The third-order valence-corrected chi connectivity index (χ3v) is 6.03. The lowest BCUT2D eigenvalue weighted by atomic mass is 10.0. The van der Waals surface area contributed by atoms with Gasteiger partial charge in [0.05, 0.1) is 5.92 Å². The van der Waals surface area contributed by atoms with Gasteiger partial charge in [-0.05, 0) is 44.5 Å². The number of amides is 2. The predicted molar refractivity (Wildman–Crippen MR) is 94.9 cm³/mol. The van der Waals surface area contributed by atoms with Crippen molar-refractivity contribution in [1.29, 1.82) is 0 Å². The van der Waals surface area contributed by atoms with Crippen LogP contribution in [0.4, 0.5) is 0 Å². The van der Waals surface area contributed by atoms with Crippen molar-refractivity contribution in [2.75, 3.05) is 45.8 Å². The molecule has 1 aromatic rings. The number of nitrogens with one attached hydrogen (secondary N) is 1. The number of aryl methyl sites for hydroxylation is 1. The Balaban J connectivity index is 1.24. The molecule has 2 atom stereocenters. The van der Waals surface area contributed by atoms with Crippen LogP contribution in [0.5, 0.6) is 0 Å². The topological polar surface area (TPSA) is 59.7 Å². The lowest BCUT2D eigenvalue weighted by molar-refractivity contribution is -0.133. The molecule has 4 rings (SSSR count). The highest BCUT2D eigenvalue weighted by Gasteiger charge is 2.47. The van der Waals surface area contributed by atoms with Crippen molar-refractivity contribution >= 4 is 11.8 Å². The van der Waals surface area contributed by atoms with Gasteiger partial charge in [-0.2, -0.15) is 0 Å². The number of hydrogen-bond acceptors (Lipinski definition) is 3. The van der Waals surface area contributed by atoms with Crippen LogP contribution in [0.2, 0.25) is 0 Å². The molecule has 2 amide bonds. The van der Waals surface area contributed by atoms with E-state index in [0.717, 1.165) is 38.3 Å². The van der Waals surface area contributed by atoms with E-state index in [9.17, 15) is 9.59 Å². The molecule has 6 nitrogen and oxygen atoms in total. The molecule has 3 saturated heterocycles. The maximum Gasteiger partial charge on any atom is 0.227 e. The fourth-order valence-corrected chi connectivity index (χ4v) is 4.54. The minimum atomic E-state index is 0.0352. The van der Waals surface area contributed by atoms with Crippen LogP contribution >= 0.6 is 0 Å². The average Bonchev–Trinajstić information content (AvgIpc) is 3.38. The molecule has 4 heterocycles. The van der Waals surface area contributed by atoms with Crippen molar-refractivity contribution in [3.05, 3.63) is 24.0 Å². The molecule has 0 radical (unpaired) electrons. The maximum atomic E-state index is 12.7. The maximum absolute atomic E-state index is 12.7. The van der Waals surface area contributed by atoms with E-state index in [1.54, 1.807) is 0 Å². The summed E-state index contributed by atoms with van der Waals surface area (Å²) in [4.78, 5) is 34.6. The number of hydrogen-bond donors (Lipinski definition) is 1. The molecule has 136 valence electrons. The zero-order chi connectivity index (χ0) is 17.2. The quantitative estimate of drug-likeness (QED) is 0.836. The third kappa shape index (κ3) is 3.59. The summed E-state index contributed by atoms with van der Waals surface area (Å²) in [6.07, 6.45) is 5.73. The van der Waals surface area contributed by atoms with E-state index in [-0.39, 0.29) is 17.7 Å². The Labute approximate surface area is 149 Å². The lowest BCUT2D eigenvalue weighted by Gasteiger charge is -2.24. The standard InChI is InChI=1S/C19H28N4O2/c24-18(6-5-16-4-3-7-20-16)23-13-15-12-22(19(25)17(15)14-23)11-10-21-8-1-2-9-21/h3-4,7,15,17,20H,1-2,5-6,8-14H2/t15-,17+/m1/s1. The van der Waals surface area contributed by atoms with Crippen LogP contribution < -0.4 is 0 Å². The molecular weight excluding hydrogens is 316 g/mol. The van der Waals surface area contributed by atoms with Crippen molar-refractivity contribution in [3.8, 4) is 0 Å². The molecule has 6 heteroatoms. The molecule has 3 fully saturated rings. The van der Waals surface area contributed by atoms with Crippen molar-refractivity contribution in [2.45, 2.75) is 25.7 Å². The summed E-state index contributed by atoms with van der Waals surface area (Å²) in [5.74, 6) is 0.817. The first-order valence-electron chi connectivity index (χ1n) is 9.62. The van der Waals surface area contributed by atoms with E-state index in [1.807, 2.05) is 28.1 Å². The minimum absolute atomic E-state index is 0.0352. The van der Waals surface area contributed by atoms with E-state index >= 15 is 0 Å². The van der Waals surface area contributed by atoms with Crippen LogP contribution in [0.25, 0.3) is 0 Å². The Morgan fingerprint density at radius 2 is 2.00 bits per heavy atom. The monoisotopic (exact) mass is 344 g/mol. The van der Waals surface area contributed by atoms with Gasteiger partial charge in [-0.15, -0.1) is 0 Å². The Hall–Kier alpha value is -1.82. The number of aromatic nitrogens is 1. The van der Waals surface area contributed by atoms with Gasteiger partial charge in [0.2, 0.25) is 11.8 Å². The van der Waals surface area contributed by atoms with Crippen molar-refractivity contribution < 1.29 is 9.59 Å². The number of carbonyl (C=O) groups excluding carboxylic acids is 2. The number of carbonyl (C=O) groups is 2. The summed E-state index contributed by atoms with van der Waals surface area (Å²) < 4.78 is 0. The first-order chi connectivity index (χ1) is 12.2. The third-order valence-electron chi connectivity index (χ3n) is 6.03. The summed E-state index contributed by atoms with van der Waals surface area (Å²) in [6, 6.07) is 3.96. The SMILES string of the molecule is O=C(CCc1ccc[nH]1)N1C[C@H]2CN(CCN3CCCC3)C(=O)[C@H]2C1. The van der Waals surface area contributed by atoms with Gasteiger partial charge in [0.15, 0.2) is 0 Å². The van der Waals surface area contributed by atoms with Gasteiger partial charge < -0.3 is 19.7 Å². The smallest absolute Gasteiger partial charge is 0.227 e. The summed E-state index contributed by atoms with van der Waals surface area (Å²) in [7, 11) is 0. The van der Waals surface area contributed by atoms with Gasteiger partial charge in [0.25, 0.3) is 0 Å². The molecule has 0 bridgehead atoms. The van der Waals surface area contributed by atoms with Gasteiger partial charge in [-0.1, -0.05) is 0 Å². The molecule has 25 heavy (non-hydrogen) atoms. The second kappa shape index (κ2) is 7.20. The van der Waals surface area contributed by atoms with Crippen molar-refractivity contribution in [1.82, 2.24) is 19.7 Å². The molecule has 0 spiro atoms. The largest absolute Gasteiger partial charge is 0.365 e. The summed E-state index contributed by atoms with van der Waals surface area (Å²) >= 11 is 0. The van der Waals surface area contributed by atoms with Gasteiger partial charge in [-0.3, -0.25) is 9.59 Å². The Morgan fingerprint density at radius 3 is 2.72 bits per heavy atom. The normalized spacial score (nSPS) is 26.6. The molecule has 0 aliphatic carbocycles. The highest BCUT2D eigenvalue weighted by Crippen LogP contribution is 2.32. The molecule has 0 unspecified atom stereocenters. The molecule has 0 saturated carbocycles. The van der Waals surface area contributed by atoms with E-state index in [4.69, 9.17) is 0 Å². The molecule has 1 aromatic heterocycles.